The third-order valence-electron chi connectivity index (χ3n) is 5.62. The average Bonchev–Trinajstić information content (AvgIpc) is 2.69. The Morgan fingerprint density at radius 1 is 1.10 bits per heavy atom. The number of halogens is 3. The van der Waals surface area contributed by atoms with Crippen molar-refractivity contribution in [3.63, 3.8) is 0 Å². The van der Waals surface area contributed by atoms with Crippen molar-refractivity contribution in [3.05, 3.63) is 77.9 Å². The summed E-state index contributed by atoms with van der Waals surface area (Å²) < 4.78 is 39.0. The molecule has 1 heterocycles. The molecule has 2 nitrogen and oxygen atoms in total. The highest BCUT2D eigenvalue weighted by Gasteiger charge is 2.38. The number of Topliss-reactive ketones (excluding diaryl/α,β-unsaturated/α-hetero) is 1. The average molecular weight is 401 g/mol. The quantitative estimate of drug-likeness (QED) is 0.530. The molecule has 1 saturated heterocycles. The summed E-state index contributed by atoms with van der Waals surface area (Å²) in [6, 6.07) is 13.1. The number of carbonyl (C=O) groups is 1. The zero-order valence-electron chi connectivity index (χ0n) is 16.7. The number of benzene rings is 2. The van der Waals surface area contributed by atoms with Gasteiger partial charge in [0.1, 0.15) is 5.78 Å². The molecule has 154 valence electrons. The largest absolute Gasteiger partial charge is 0.416 e. The first kappa shape index (κ1) is 21.2. The van der Waals surface area contributed by atoms with Crippen LogP contribution in [0.4, 0.5) is 18.9 Å². The van der Waals surface area contributed by atoms with E-state index in [4.69, 9.17) is 0 Å². The highest BCUT2D eigenvalue weighted by Crippen LogP contribution is 2.40. The highest BCUT2D eigenvalue weighted by molar-refractivity contribution is 5.85. The fourth-order valence-corrected chi connectivity index (χ4v) is 4.01. The van der Waals surface area contributed by atoms with Crippen molar-refractivity contribution in [1.29, 1.82) is 0 Å². The van der Waals surface area contributed by atoms with Crippen LogP contribution in [0.2, 0.25) is 0 Å². The molecule has 1 aliphatic heterocycles. The van der Waals surface area contributed by atoms with Gasteiger partial charge in [-0.25, -0.2) is 0 Å². The normalized spacial score (nSPS) is 20.2. The number of rotatable bonds is 5. The number of nitrogens with zero attached hydrogens (tertiary/aromatic N) is 1. The van der Waals surface area contributed by atoms with Gasteiger partial charge in [0.2, 0.25) is 0 Å². The number of piperidine rings is 1. The Labute approximate surface area is 170 Å². The van der Waals surface area contributed by atoms with E-state index in [1.807, 2.05) is 12.1 Å². The number of ketones is 1. The van der Waals surface area contributed by atoms with Gasteiger partial charge < -0.3 is 4.90 Å². The van der Waals surface area contributed by atoms with Gasteiger partial charge in [-0.15, -0.1) is 6.58 Å². The minimum Gasteiger partial charge on any atom is -0.363 e. The molecule has 0 unspecified atom stereocenters. The molecule has 2 atom stereocenters. The number of hydrogen-bond donors (Lipinski definition) is 0. The van der Waals surface area contributed by atoms with E-state index in [-0.39, 0.29) is 17.7 Å². The molecule has 0 bridgehead atoms. The number of hydrogen-bond acceptors (Lipinski definition) is 2. The van der Waals surface area contributed by atoms with Gasteiger partial charge >= 0.3 is 6.18 Å². The number of anilines is 1. The van der Waals surface area contributed by atoms with E-state index >= 15 is 0 Å². The van der Waals surface area contributed by atoms with Crippen molar-refractivity contribution < 1.29 is 18.0 Å². The van der Waals surface area contributed by atoms with Crippen molar-refractivity contribution >= 4 is 11.5 Å². The fraction of sp³-hybridized carbons (Fsp3) is 0.375. The lowest BCUT2D eigenvalue weighted by molar-refractivity contribution is -0.137. The molecule has 29 heavy (non-hydrogen) atoms. The van der Waals surface area contributed by atoms with Crippen molar-refractivity contribution in [2.24, 2.45) is 5.92 Å². The zero-order chi connectivity index (χ0) is 21.2. The molecular formula is C24H26F3NO. The predicted octanol–water partition coefficient (Wildman–Crippen LogP) is 6.54. The van der Waals surface area contributed by atoms with Crippen molar-refractivity contribution in [1.82, 2.24) is 0 Å². The summed E-state index contributed by atoms with van der Waals surface area (Å²) in [7, 11) is 0. The third-order valence-corrected chi connectivity index (χ3v) is 5.62. The maximum absolute atomic E-state index is 13.0. The third kappa shape index (κ3) is 4.55. The van der Waals surface area contributed by atoms with Crippen LogP contribution >= 0.6 is 0 Å². The lowest BCUT2D eigenvalue weighted by atomic mass is 9.81. The molecule has 2 aromatic rings. The number of allylic oxidation sites excluding steroid dienone is 1. The molecule has 0 aromatic heterocycles. The molecule has 0 spiro atoms. The molecule has 2 aromatic carbocycles. The number of alkyl halides is 3. The Bertz CT molecular complexity index is 853. The van der Waals surface area contributed by atoms with Crippen LogP contribution in [0.5, 0.6) is 0 Å². The summed E-state index contributed by atoms with van der Waals surface area (Å²) in [6.45, 7) is 8.56. The Kier molecular flexibility index (Phi) is 6.15. The predicted molar refractivity (Wildman–Crippen MR) is 110 cm³/mol. The van der Waals surface area contributed by atoms with Gasteiger partial charge in [-0.3, -0.25) is 4.79 Å². The molecule has 0 aliphatic carbocycles. The fourth-order valence-electron chi connectivity index (χ4n) is 4.01. The molecule has 1 fully saturated rings. The molecule has 0 radical (unpaired) electrons. The standard InChI is InChI=1S/C24H26F3NO/c1-4-5-21-22(29)14-15-28(20-12-8-17(9-13-20)16(2)3)23(21)18-6-10-19(11-7-18)24(25,26)27/h4,6-13,16,21,23H,1,5,14-15H2,2-3H3/t21-,23+/m1/s1. The monoisotopic (exact) mass is 401 g/mol. The van der Waals surface area contributed by atoms with E-state index in [0.29, 0.717) is 30.9 Å². The van der Waals surface area contributed by atoms with E-state index in [9.17, 15) is 18.0 Å². The molecular weight excluding hydrogens is 375 g/mol. The summed E-state index contributed by atoms with van der Waals surface area (Å²) in [5.41, 5.74) is 2.22. The smallest absolute Gasteiger partial charge is 0.363 e. The van der Waals surface area contributed by atoms with E-state index in [0.717, 1.165) is 17.8 Å². The van der Waals surface area contributed by atoms with Crippen LogP contribution in [0.3, 0.4) is 0 Å². The van der Waals surface area contributed by atoms with Gasteiger partial charge in [0.05, 0.1) is 11.6 Å². The van der Waals surface area contributed by atoms with E-state index in [2.05, 4.69) is 37.5 Å². The summed E-state index contributed by atoms with van der Waals surface area (Å²) in [5, 5.41) is 0. The zero-order valence-corrected chi connectivity index (χ0v) is 16.7. The van der Waals surface area contributed by atoms with Gasteiger partial charge in [-0.2, -0.15) is 13.2 Å². The summed E-state index contributed by atoms with van der Waals surface area (Å²) >= 11 is 0. The second kappa shape index (κ2) is 8.44. The van der Waals surface area contributed by atoms with Crippen LogP contribution in [-0.2, 0) is 11.0 Å². The van der Waals surface area contributed by atoms with Crippen LogP contribution in [0.15, 0.2) is 61.2 Å². The lowest BCUT2D eigenvalue weighted by Crippen LogP contribution is -2.43. The first-order valence-electron chi connectivity index (χ1n) is 9.89. The van der Waals surface area contributed by atoms with Crippen LogP contribution in [0, 0.1) is 5.92 Å². The topological polar surface area (TPSA) is 20.3 Å². The Hall–Kier alpha value is -2.56. The van der Waals surface area contributed by atoms with Gasteiger partial charge in [0, 0.05) is 24.6 Å². The maximum Gasteiger partial charge on any atom is 0.416 e. The Morgan fingerprint density at radius 3 is 2.24 bits per heavy atom. The highest BCUT2D eigenvalue weighted by atomic mass is 19.4. The van der Waals surface area contributed by atoms with E-state index < -0.39 is 11.7 Å². The van der Waals surface area contributed by atoms with Gasteiger partial charge in [-0.1, -0.05) is 44.2 Å². The minimum absolute atomic E-state index is 0.129. The molecule has 0 saturated carbocycles. The molecule has 3 rings (SSSR count). The lowest BCUT2D eigenvalue weighted by Gasteiger charge is -2.42. The summed E-state index contributed by atoms with van der Waals surface area (Å²) in [5.74, 6) is 0.207. The minimum atomic E-state index is -4.38. The van der Waals surface area contributed by atoms with Crippen molar-refractivity contribution in [2.45, 2.75) is 44.8 Å². The first-order chi connectivity index (χ1) is 13.7. The van der Waals surface area contributed by atoms with Gasteiger partial charge in [0.25, 0.3) is 0 Å². The van der Waals surface area contributed by atoms with Crippen molar-refractivity contribution in [3.8, 4) is 0 Å². The summed E-state index contributed by atoms with van der Waals surface area (Å²) in [4.78, 5) is 14.8. The first-order valence-corrected chi connectivity index (χ1v) is 9.89. The van der Waals surface area contributed by atoms with Gasteiger partial charge in [0.15, 0.2) is 0 Å². The Morgan fingerprint density at radius 2 is 1.72 bits per heavy atom. The molecule has 1 aliphatic rings. The van der Waals surface area contributed by atoms with E-state index in [1.165, 1.54) is 17.7 Å². The van der Waals surface area contributed by atoms with Gasteiger partial charge in [-0.05, 0) is 47.7 Å². The summed E-state index contributed by atoms with van der Waals surface area (Å²) in [6.07, 6.45) is -1.76. The van der Waals surface area contributed by atoms with Crippen LogP contribution in [0.25, 0.3) is 0 Å². The molecule has 0 N–H and O–H groups in total. The van der Waals surface area contributed by atoms with Crippen molar-refractivity contribution in [2.75, 3.05) is 11.4 Å². The van der Waals surface area contributed by atoms with Crippen LogP contribution < -0.4 is 4.90 Å². The maximum atomic E-state index is 13.0. The van der Waals surface area contributed by atoms with Crippen LogP contribution in [-0.4, -0.2) is 12.3 Å². The second-order valence-corrected chi connectivity index (χ2v) is 7.85. The van der Waals surface area contributed by atoms with Crippen LogP contribution in [0.1, 0.15) is 55.3 Å². The number of carbonyl (C=O) groups excluding carboxylic acids is 1. The second-order valence-electron chi connectivity index (χ2n) is 7.85. The SMILES string of the molecule is C=CC[C@@H]1C(=O)CCN(c2ccc(C(C)C)cc2)[C@H]1c1ccc(C(F)(F)F)cc1. The molecule has 5 heteroatoms. The van der Waals surface area contributed by atoms with E-state index in [1.54, 1.807) is 6.08 Å². The Balaban J connectivity index is 2.01. The molecule has 0 amide bonds.